The second-order valence-electron chi connectivity index (χ2n) is 5.76. The van der Waals surface area contributed by atoms with E-state index in [9.17, 15) is 0 Å². The first kappa shape index (κ1) is 14.2. The Morgan fingerprint density at radius 2 is 1.65 bits per heavy atom. The number of rotatable bonds is 5. The second kappa shape index (κ2) is 6.18. The highest BCUT2D eigenvalue weighted by Gasteiger charge is 2.08. The Morgan fingerprint density at radius 1 is 1.06 bits per heavy atom. The van der Waals surface area contributed by atoms with Crippen LogP contribution in [0.2, 0.25) is 0 Å². The quantitative estimate of drug-likeness (QED) is 0.765. The fourth-order valence-corrected chi connectivity index (χ4v) is 1.70. The lowest BCUT2D eigenvalue weighted by molar-refractivity contribution is 0.414. The number of hydrogen-bond acceptors (Lipinski definition) is 2. The maximum atomic E-state index is 3.53. The largest absolute Gasteiger partial charge is 0.311 e. The lowest BCUT2D eigenvalue weighted by Crippen LogP contribution is -2.40. The monoisotopic (exact) mass is 234 g/mol. The van der Waals surface area contributed by atoms with Crippen LogP contribution < -0.4 is 10.6 Å². The van der Waals surface area contributed by atoms with Gasteiger partial charge in [0.15, 0.2) is 0 Å². The van der Waals surface area contributed by atoms with Crippen LogP contribution in [0.4, 0.5) is 0 Å². The summed E-state index contributed by atoms with van der Waals surface area (Å²) in [6.45, 7) is 12.9. The summed E-state index contributed by atoms with van der Waals surface area (Å²) in [4.78, 5) is 0. The molecule has 17 heavy (non-hydrogen) atoms. The van der Waals surface area contributed by atoms with Crippen LogP contribution in [0.1, 0.15) is 44.9 Å². The van der Waals surface area contributed by atoms with Crippen LogP contribution in [0.5, 0.6) is 0 Å². The second-order valence-corrected chi connectivity index (χ2v) is 5.76. The van der Waals surface area contributed by atoms with E-state index in [1.54, 1.807) is 0 Å². The van der Waals surface area contributed by atoms with Gasteiger partial charge in [-0.2, -0.15) is 0 Å². The molecule has 0 heterocycles. The molecule has 0 radical (unpaired) electrons. The molecule has 0 bridgehead atoms. The molecule has 0 aliphatic rings. The van der Waals surface area contributed by atoms with Crippen molar-refractivity contribution in [1.29, 1.82) is 0 Å². The summed E-state index contributed by atoms with van der Waals surface area (Å²) in [6, 6.07) is 9.15. The molecule has 0 saturated carbocycles. The van der Waals surface area contributed by atoms with Crippen LogP contribution in [0.15, 0.2) is 24.3 Å². The molecular formula is C15H26N2. The minimum atomic E-state index is 0.203. The first-order valence-electron chi connectivity index (χ1n) is 6.43. The summed E-state index contributed by atoms with van der Waals surface area (Å²) < 4.78 is 0. The molecule has 0 saturated heterocycles. The maximum absolute atomic E-state index is 3.53. The van der Waals surface area contributed by atoms with Gasteiger partial charge in [-0.1, -0.05) is 29.8 Å². The van der Waals surface area contributed by atoms with Gasteiger partial charge in [-0.3, -0.25) is 0 Å². The Bertz CT molecular complexity index is 322. The fraction of sp³-hybridized carbons (Fsp3) is 0.600. The predicted octanol–water partition coefficient (Wildman–Crippen LogP) is 3.03. The molecule has 1 atom stereocenters. The fourth-order valence-electron chi connectivity index (χ4n) is 1.70. The summed E-state index contributed by atoms with van der Waals surface area (Å²) in [5, 5.41) is 7.00. The third-order valence-corrected chi connectivity index (χ3v) is 2.81. The highest BCUT2D eigenvalue weighted by Crippen LogP contribution is 2.12. The molecule has 2 N–H and O–H groups in total. The van der Waals surface area contributed by atoms with Crippen molar-refractivity contribution in [2.75, 3.05) is 13.1 Å². The van der Waals surface area contributed by atoms with Crippen molar-refractivity contribution < 1.29 is 0 Å². The van der Waals surface area contributed by atoms with E-state index in [0.717, 1.165) is 13.1 Å². The Labute approximate surface area is 106 Å². The maximum Gasteiger partial charge on any atom is 0.0292 e. The van der Waals surface area contributed by atoms with Gasteiger partial charge < -0.3 is 10.6 Å². The molecule has 2 nitrogen and oxygen atoms in total. The van der Waals surface area contributed by atoms with Crippen molar-refractivity contribution in [3.05, 3.63) is 35.4 Å². The van der Waals surface area contributed by atoms with E-state index in [-0.39, 0.29) is 5.54 Å². The van der Waals surface area contributed by atoms with Crippen molar-refractivity contribution in [2.45, 2.75) is 46.2 Å². The zero-order valence-corrected chi connectivity index (χ0v) is 11.8. The summed E-state index contributed by atoms with van der Waals surface area (Å²) in [5.41, 5.74) is 2.87. The number of benzene rings is 1. The molecule has 1 aromatic rings. The van der Waals surface area contributed by atoms with E-state index in [1.165, 1.54) is 11.1 Å². The molecule has 0 aliphatic carbocycles. The van der Waals surface area contributed by atoms with Gasteiger partial charge in [0.05, 0.1) is 0 Å². The van der Waals surface area contributed by atoms with Gasteiger partial charge in [0, 0.05) is 24.7 Å². The molecule has 96 valence electrons. The van der Waals surface area contributed by atoms with Crippen molar-refractivity contribution in [1.82, 2.24) is 10.6 Å². The minimum Gasteiger partial charge on any atom is -0.311 e. The van der Waals surface area contributed by atoms with Crippen LogP contribution in [0.25, 0.3) is 0 Å². The Hall–Kier alpha value is -0.860. The average Bonchev–Trinajstić information content (AvgIpc) is 2.24. The number of aryl methyl sites for hydroxylation is 1. The zero-order valence-electron chi connectivity index (χ0n) is 11.8. The summed E-state index contributed by atoms with van der Waals surface area (Å²) in [6.07, 6.45) is 0. The molecule has 0 spiro atoms. The molecule has 2 heteroatoms. The van der Waals surface area contributed by atoms with Crippen molar-refractivity contribution in [3.8, 4) is 0 Å². The molecular weight excluding hydrogens is 208 g/mol. The standard InChI is InChI=1S/C15H26N2/c1-12-6-8-14(9-7-12)13(2)16-10-11-17-15(3,4)5/h6-9,13,16-17H,10-11H2,1-5H3. The summed E-state index contributed by atoms with van der Waals surface area (Å²) in [7, 11) is 0. The number of nitrogens with one attached hydrogen (secondary N) is 2. The van der Waals surface area contributed by atoms with Gasteiger partial charge in [0.1, 0.15) is 0 Å². The van der Waals surface area contributed by atoms with E-state index in [4.69, 9.17) is 0 Å². The van der Waals surface area contributed by atoms with Crippen LogP contribution in [-0.2, 0) is 0 Å². The first-order valence-corrected chi connectivity index (χ1v) is 6.43. The average molecular weight is 234 g/mol. The smallest absolute Gasteiger partial charge is 0.0292 e. The Morgan fingerprint density at radius 3 is 2.18 bits per heavy atom. The van der Waals surface area contributed by atoms with Gasteiger partial charge >= 0.3 is 0 Å². The molecule has 0 amide bonds. The van der Waals surface area contributed by atoms with Gasteiger partial charge in [0.2, 0.25) is 0 Å². The van der Waals surface area contributed by atoms with E-state index < -0.39 is 0 Å². The first-order chi connectivity index (χ1) is 7.88. The summed E-state index contributed by atoms with van der Waals surface area (Å²) >= 11 is 0. The van der Waals surface area contributed by atoms with Gasteiger partial charge in [-0.15, -0.1) is 0 Å². The normalized spacial score (nSPS) is 13.7. The lowest BCUT2D eigenvalue weighted by atomic mass is 10.1. The van der Waals surface area contributed by atoms with Gasteiger partial charge in [0.25, 0.3) is 0 Å². The third kappa shape index (κ3) is 5.85. The van der Waals surface area contributed by atoms with Gasteiger partial charge in [-0.05, 0) is 40.2 Å². The molecule has 1 unspecified atom stereocenters. The molecule has 0 aliphatic heterocycles. The third-order valence-electron chi connectivity index (χ3n) is 2.81. The van der Waals surface area contributed by atoms with Crippen LogP contribution in [0, 0.1) is 6.92 Å². The van der Waals surface area contributed by atoms with E-state index >= 15 is 0 Å². The van der Waals surface area contributed by atoms with E-state index in [1.807, 2.05) is 0 Å². The molecule has 1 rings (SSSR count). The van der Waals surface area contributed by atoms with Crippen molar-refractivity contribution in [3.63, 3.8) is 0 Å². The van der Waals surface area contributed by atoms with E-state index in [2.05, 4.69) is 69.5 Å². The topological polar surface area (TPSA) is 24.1 Å². The highest BCUT2D eigenvalue weighted by molar-refractivity contribution is 5.23. The molecule has 1 aromatic carbocycles. The molecule has 0 aromatic heterocycles. The molecule has 0 fully saturated rings. The Balaban J connectivity index is 2.30. The highest BCUT2D eigenvalue weighted by atomic mass is 15.0. The van der Waals surface area contributed by atoms with Crippen molar-refractivity contribution >= 4 is 0 Å². The van der Waals surface area contributed by atoms with E-state index in [0.29, 0.717) is 6.04 Å². The minimum absolute atomic E-state index is 0.203. The zero-order chi connectivity index (χ0) is 12.9. The van der Waals surface area contributed by atoms with Crippen LogP contribution >= 0.6 is 0 Å². The Kier molecular flexibility index (Phi) is 5.16. The summed E-state index contributed by atoms with van der Waals surface area (Å²) in [5.74, 6) is 0. The lowest BCUT2D eigenvalue weighted by Gasteiger charge is -2.22. The SMILES string of the molecule is Cc1ccc(C(C)NCCNC(C)(C)C)cc1. The van der Waals surface area contributed by atoms with Gasteiger partial charge in [-0.25, -0.2) is 0 Å². The predicted molar refractivity (Wildman–Crippen MR) is 75.4 cm³/mol. The number of hydrogen-bond donors (Lipinski definition) is 2. The van der Waals surface area contributed by atoms with Crippen molar-refractivity contribution in [2.24, 2.45) is 0 Å². The van der Waals surface area contributed by atoms with Crippen LogP contribution in [-0.4, -0.2) is 18.6 Å². The van der Waals surface area contributed by atoms with Crippen LogP contribution in [0.3, 0.4) is 0 Å².